The van der Waals surface area contributed by atoms with Crippen molar-refractivity contribution in [1.82, 2.24) is 16.0 Å². The van der Waals surface area contributed by atoms with Crippen molar-refractivity contribution in [3.05, 3.63) is 65.2 Å². The number of benzene rings is 2. The van der Waals surface area contributed by atoms with Crippen LogP contribution >= 0.6 is 11.8 Å². The zero-order valence-electron chi connectivity index (χ0n) is 25.4. The summed E-state index contributed by atoms with van der Waals surface area (Å²) in [5.74, 6) is -0.576. The summed E-state index contributed by atoms with van der Waals surface area (Å²) in [6, 6.07) is 13.4. The summed E-state index contributed by atoms with van der Waals surface area (Å²) in [5, 5.41) is 7.90. The van der Waals surface area contributed by atoms with Gasteiger partial charge in [0.05, 0.1) is 5.88 Å². The summed E-state index contributed by atoms with van der Waals surface area (Å²) in [6.45, 7) is 12.6. The Morgan fingerprint density at radius 2 is 1.48 bits per heavy atom. The number of hydrogen-bond acceptors (Lipinski definition) is 8. The monoisotopic (exact) mass is 601 g/mol. The van der Waals surface area contributed by atoms with E-state index >= 15 is 0 Å². The summed E-state index contributed by atoms with van der Waals surface area (Å²) < 4.78 is 16.6. The Kier molecular flexibility index (Phi) is 13.7. The second-order valence-corrected chi connectivity index (χ2v) is 12.2. The summed E-state index contributed by atoms with van der Waals surface area (Å²) in [4.78, 5) is 49.7. The van der Waals surface area contributed by atoms with Crippen molar-refractivity contribution < 1.29 is 33.4 Å². The highest BCUT2D eigenvalue weighted by molar-refractivity contribution is 7.99. The average molecular weight is 602 g/mol. The van der Waals surface area contributed by atoms with Gasteiger partial charge in [-0.05, 0) is 56.9 Å². The Bertz CT molecular complexity index is 1180. The Balaban J connectivity index is 1.96. The molecule has 3 amide bonds. The molecule has 0 aromatic heterocycles. The molecule has 3 N–H and O–H groups in total. The molecule has 2 rings (SSSR count). The Labute approximate surface area is 252 Å². The van der Waals surface area contributed by atoms with Gasteiger partial charge in [0.1, 0.15) is 36.6 Å². The van der Waals surface area contributed by atoms with Crippen LogP contribution in [-0.2, 0) is 37.1 Å². The molecular formula is C31H43N3O7S. The Hall–Kier alpha value is -3.73. The van der Waals surface area contributed by atoms with Gasteiger partial charge < -0.3 is 30.2 Å². The number of nitrogens with one attached hydrogen (secondary N) is 3. The molecule has 0 saturated carbocycles. The van der Waals surface area contributed by atoms with Crippen LogP contribution in [0.4, 0.5) is 4.79 Å². The molecule has 0 aliphatic heterocycles. The molecule has 42 heavy (non-hydrogen) atoms. The molecule has 10 nitrogen and oxygen atoms in total. The van der Waals surface area contributed by atoms with Crippen LogP contribution in [0.25, 0.3) is 0 Å². The van der Waals surface area contributed by atoms with Gasteiger partial charge in [0.15, 0.2) is 0 Å². The number of hydrogen-bond donors (Lipinski definition) is 3. The number of amides is 3. The standard InChI is InChI=1S/C31H43N3O7S/c1-20(2)27(34-28(36)26(18-42-19-32-22(4)35)33-30(38)41-31(5,6)7)29(37)40-17-24-12-14-25(15-13-24)39-16-23-10-8-21(3)9-11-23/h8-15,20,26-27H,16-19H2,1-7H3,(H,32,35)(H,33,38)(H,34,36)/t26-,27+/m1/s1. The van der Waals surface area contributed by atoms with Crippen LogP contribution in [-0.4, -0.2) is 53.2 Å². The third-order valence-electron chi connectivity index (χ3n) is 5.76. The van der Waals surface area contributed by atoms with E-state index in [1.165, 1.54) is 24.2 Å². The van der Waals surface area contributed by atoms with Crippen LogP contribution in [0.3, 0.4) is 0 Å². The third kappa shape index (κ3) is 13.3. The van der Waals surface area contributed by atoms with Gasteiger partial charge in [-0.1, -0.05) is 55.8 Å². The molecule has 11 heteroatoms. The maximum absolute atomic E-state index is 13.2. The molecule has 0 aliphatic rings. The van der Waals surface area contributed by atoms with Gasteiger partial charge >= 0.3 is 12.1 Å². The average Bonchev–Trinajstić information content (AvgIpc) is 2.90. The van der Waals surface area contributed by atoms with Gasteiger partial charge in [-0.2, -0.15) is 0 Å². The number of thioether (sulfide) groups is 1. The minimum atomic E-state index is -1.01. The lowest BCUT2D eigenvalue weighted by molar-refractivity contribution is -0.150. The summed E-state index contributed by atoms with van der Waals surface area (Å²) in [7, 11) is 0. The van der Waals surface area contributed by atoms with E-state index in [0.717, 1.165) is 11.1 Å². The fourth-order valence-electron chi connectivity index (χ4n) is 3.49. The first-order valence-electron chi connectivity index (χ1n) is 13.8. The summed E-state index contributed by atoms with van der Waals surface area (Å²) in [5.41, 5.74) is 2.25. The lowest BCUT2D eigenvalue weighted by Gasteiger charge is -2.26. The number of carbonyl (C=O) groups excluding carboxylic acids is 4. The molecule has 0 unspecified atom stereocenters. The number of alkyl carbamates (subject to hydrolysis) is 1. The van der Waals surface area contributed by atoms with E-state index in [2.05, 4.69) is 16.0 Å². The molecule has 0 radical (unpaired) electrons. The van der Waals surface area contributed by atoms with E-state index in [1.807, 2.05) is 55.5 Å². The van der Waals surface area contributed by atoms with Crippen LogP contribution < -0.4 is 20.7 Å². The zero-order chi connectivity index (χ0) is 31.3. The second kappa shape index (κ2) is 16.6. The maximum atomic E-state index is 13.2. The first-order chi connectivity index (χ1) is 19.7. The highest BCUT2D eigenvalue weighted by Gasteiger charge is 2.31. The summed E-state index contributed by atoms with van der Waals surface area (Å²) in [6.07, 6.45) is -0.766. The molecule has 0 heterocycles. The van der Waals surface area contributed by atoms with E-state index in [0.29, 0.717) is 12.4 Å². The number of esters is 1. The molecule has 2 aromatic rings. The van der Waals surface area contributed by atoms with Gasteiger partial charge in [0.2, 0.25) is 11.8 Å². The predicted molar refractivity (Wildman–Crippen MR) is 163 cm³/mol. The normalized spacial score (nSPS) is 12.6. The fraction of sp³-hybridized carbons (Fsp3) is 0.484. The van der Waals surface area contributed by atoms with Crippen LogP contribution in [0, 0.1) is 12.8 Å². The van der Waals surface area contributed by atoms with Crippen molar-refractivity contribution in [2.24, 2.45) is 5.92 Å². The molecular weight excluding hydrogens is 558 g/mol. The minimum absolute atomic E-state index is 0.0162. The molecule has 0 fully saturated rings. The van der Waals surface area contributed by atoms with Gasteiger partial charge in [-0.3, -0.25) is 9.59 Å². The molecule has 2 atom stereocenters. The zero-order valence-corrected chi connectivity index (χ0v) is 26.3. The van der Waals surface area contributed by atoms with Crippen molar-refractivity contribution in [2.75, 3.05) is 11.6 Å². The fourth-order valence-corrected chi connectivity index (χ4v) is 4.38. The van der Waals surface area contributed by atoms with Crippen molar-refractivity contribution in [2.45, 2.75) is 79.4 Å². The first kappa shape index (κ1) is 34.5. The van der Waals surface area contributed by atoms with Crippen LogP contribution in [0.5, 0.6) is 5.75 Å². The number of rotatable bonds is 14. The molecule has 0 bridgehead atoms. The largest absolute Gasteiger partial charge is 0.489 e. The van der Waals surface area contributed by atoms with Crippen LogP contribution in [0.1, 0.15) is 58.2 Å². The van der Waals surface area contributed by atoms with Gasteiger partial charge in [0, 0.05) is 12.7 Å². The molecule has 0 aliphatic carbocycles. The van der Waals surface area contributed by atoms with E-state index in [4.69, 9.17) is 14.2 Å². The van der Waals surface area contributed by atoms with Crippen molar-refractivity contribution >= 4 is 35.6 Å². The highest BCUT2D eigenvalue weighted by atomic mass is 32.2. The van der Waals surface area contributed by atoms with Crippen LogP contribution in [0.15, 0.2) is 48.5 Å². The van der Waals surface area contributed by atoms with Gasteiger partial charge in [-0.15, -0.1) is 11.8 Å². The van der Waals surface area contributed by atoms with E-state index in [-0.39, 0.29) is 30.1 Å². The quantitative estimate of drug-likeness (QED) is 0.164. The number of ether oxygens (including phenoxy) is 3. The number of aryl methyl sites for hydroxylation is 1. The van der Waals surface area contributed by atoms with Crippen molar-refractivity contribution in [1.29, 1.82) is 0 Å². The molecule has 0 saturated heterocycles. The molecule has 0 spiro atoms. The molecule has 230 valence electrons. The Morgan fingerprint density at radius 3 is 2.05 bits per heavy atom. The van der Waals surface area contributed by atoms with Crippen molar-refractivity contribution in [3.63, 3.8) is 0 Å². The first-order valence-corrected chi connectivity index (χ1v) is 14.9. The van der Waals surface area contributed by atoms with Gasteiger partial charge in [0.25, 0.3) is 0 Å². The lowest BCUT2D eigenvalue weighted by Crippen LogP contribution is -2.55. The topological polar surface area (TPSA) is 132 Å². The SMILES string of the molecule is CC(=O)NCSC[C@@H](NC(=O)OC(C)(C)C)C(=O)N[C@H](C(=O)OCc1ccc(OCc2ccc(C)cc2)cc1)C(C)C. The smallest absolute Gasteiger partial charge is 0.408 e. The highest BCUT2D eigenvalue weighted by Crippen LogP contribution is 2.16. The van der Waals surface area contributed by atoms with E-state index < -0.39 is 35.7 Å². The number of carbonyl (C=O) groups is 4. The molecule has 2 aromatic carbocycles. The van der Waals surface area contributed by atoms with Gasteiger partial charge in [-0.25, -0.2) is 9.59 Å². The maximum Gasteiger partial charge on any atom is 0.408 e. The summed E-state index contributed by atoms with van der Waals surface area (Å²) >= 11 is 1.24. The van der Waals surface area contributed by atoms with E-state index in [9.17, 15) is 19.2 Å². The van der Waals surface area contributed by atoms with E-state index in [1.54, 1.807) is 34.6 Å². The Morgan fingerprint density at radius 1 is 0.881 bits per heavy atom. The second-order valence-electron chi connectivity index (χ2n) is 11.2. The lowest BCUT2D eigenvalue weighted by atomic mass is 10.0. The van der Waals surface area contributed by atoms with Crippen LogP contribution in [0.2, 0.25) is 0 Å². The third-order valence-corrected chi connectivity index (χ3v) is 6.68. The predicted octanol–water partition coefficient (Wildman–Crippen LogP) is 4.48. The minimum Gasteiger partial charge on any atom is -0.489 e. The van der Waals surface area contributed by atoms with Crippen molar-refractivity contribution in [3.8, 4) is 5.75 Å².